The lowest BCUT2D eigenvalue weighted by Crippen LogP contribution is -2.42. The van der Waals surface area contributed by atoms with Crippen molar-refractivity contribution in [1.29, 1.82) is 0 Å². The Bertz CT molecular complexity index is 547. The molecule has 0 amide bonds. The van der Waals surface area contributed by atoms with Gasteiger partial charge in [-0.3, -0.25) is 4.79 Å². The number of methoxy groups -OCH3 is 1. The van der Waals surface area contributed by atoms with Gasteiger partial charge in [-0.1, -0.05) is 30.3 Å². The Labute approximate surface area is 124 Å². The predicted molar refractivity (Wildman–Crippen MR) is 77.6 cm³/mol. The third-order valence-corrected chi connectivity index (χ3v) is 4.53. The summed E-state index contributed by atoms with van der Waals surface area (Å²) in [5, 5.41) is 9.36. The third-order valence-electron chi connectivity index (χ3n) is 2.94. The number of esters is 1. The summed E-state index contributed by atoms with van der Waals surface area (Å²) in [6.45, 7) is -0.372. The zero-order valence-corrected chi connectivity index (χ0v) is 12.8. The van der Waals surface area contributed by atoms with E-state index in [4.69, 9.17) is 0 Å². The van der Waals surface area contributed by atoms with Gasteiger partial charge in [-0.15, -0.1) is 0 Å². The Morgan fingerprint density at radius 3 is 2.52 bits per heavy atom. The van der Waals surface area contributed by atoms with Gasteiger partial charge in [-0.25, -0.2) is 0 Å². The molecule has 0 heterocycles. The molecule has 21 heavy (non-hydrogen) atoms. The zero-order valence-electron chi connectivity index (χ0n) is 12.0. The second-order valence-corrected chi connectivity index (χ2v) is 6.23. The van der Waals surface area contributed by atoms with Crippen molar-refractivity contribution in [1.82, 2.24) is 9.03 Å². The molecule has 2 N–H and O–H groups in total. The molecule has 0 spiro atoms. The Hall–Kier alpha value is -1.48. The van der Waals surface area contributed by atoms with Crippen LogP contribution in [0.3, 0.4) is 0 Å². The van der Waals surface area contributed by atoms with Crippen molar-refractivity contribution in [3.05, 3.63) is 35.9 Å². The number of carbonyl (C=O) groups excluding carboxylic acids is 1. The molecule has 0 aliphatic heterocycles. The second-order valence-electron chi connectivity index (χ2n) is 4.42. The smallest absolute Gasteiger partial charge is 0.306 e. The fourth-order valence-corrected chi connectivity index (χ4v) is 2.72. The number of aliphatic hydroxyl groups is 1. The number of aliphatic hydroxyl groups excluding tert-OH is 1. The van der Waals surface area contributed by atoms with Crippen LogP contribution >= 0.6 is 0 Å². The van der Waals surface area contributed by atoms with Crippen LogP contribution in [0.2, 0.25) is 0 Å². The minimum atomic E-state index is -3.81. The number of ether oxygens (including phenoxy) is 1. The lowest BCUT2D eigenvalue weighted by Gasteiger charge is -2.22. The summed E-state index contributed by atoms with van der Waals surface area (Å²) in [5.74, 6) is -0.487. The summed E-state index contributed by atoms with van der Waals surface area (Å²) in [4.78, 5) is 11.0. The molecule has 0 aromatic heterocycles. The minimum absolute atomic E-state index is 0.00501. The van der Waals surface area contributed by atoms with Crippen LogP contribution in [0.25, 0.3) is 0 Å². The molecule has 1 aromatic rings. The van der Waals surface area contributed by atoms with Gasteiger partial charge in [-0.05, 0) is 5.56 Å². The first-order valence-corrected chi connectivity index (χ1v) is 7.81. The molecule has 1 aromatic carbocycles. The van der Waals surface area contributed by atoms with Crippen molar-refractivity contribution in [3.63, 3.8) is 0 Å². The van der Waals surface area contributed by atoms with Gasteiger partial charge in [-0.2, -0.15) is 17.4 Å². The van der Waals surface area contributed by atoms with Gasteiger partial charge >= 0.3 is 5.97 Å². The van der Waals surface area contributed by atoms with Crippen molar-refractivity contribution in [2.24, 2.45) is 0 Å². The Morgan fingerprint density at radius 2 is 2.00 bits per heavy atom. The Kier molecular flexibility index (Phi) is 6.76. The molecular formula is C13H20N2O5S. The van der Waals surface area contributed by atoms with Crippen LogP contribution < -0.4 is 4.72 Å². The average molecular weight is 316 g/mol. The van der Waals surface area contributed by atoms with Crippen LogP contribution in [0.15, 0.2) is 30.3 Å². The number of nitrogens with zero attached hydrogens (tertiary/aromatic N) is 1. The monoisotopic (exact) mass is 316 g/mol. The van der Waals surface area contributed by atoms with Gasteiger partial charge in [0.25, 0.3) is 10.2 Å². The summed E-state index contributed by atoms with van der Waals surface area (Å²) in [6, 6.07) is 8.02. The van der Waals surface area contributed by atoms with Crippen molar-refractivity contribution in [2.75, 3.05) is 27.3 Å². The molecule has 1 atom stereocenters. The first-order chi connectivity index (χ1) is 9.90. The van der Waals surface area contributed by atoms with E-state index in [9.17, 15) is 18.3 Å². The first-order valence-electron chi connectivity index (χ1n) is 6.37. The normalized spacial score (nSPS) is 13.1. The number of carbonyl (C=O) groups is 1. The highest BCUT2D eigenvalue weighted by molar-refractivity contribution is 7.87. The quantitative estimate of drug-likeness (QED) is 0.661. The Balaban J connectivity index is 2.71. The standard InChI is InChI=1S/C13H20N2O5S/c1-15(9-8-13(17)20-2)21(18,19)14-12(10-16)11-6-4-3-5-7-11/h3-7,12,14,16H,8-10H2,1-2H3/t12-/m0/s1. The number of hydrogen-bond donors (Lipinski definition) is 2. The van der Waals surface area contributed by atoms with Crippen molar-refractivity contribution in [3.8, 4) is 0 Å². The van der Waals surface area contributed by atoms with E-state index in [1.807, 2.05) is 0 Å². The molecule has 0 saturated heterocycles. The Morgan fingerprint density at radius 1 is 1.38 bits per heavy atom. The van der Waals surface area contributed by atoms with E-state index in [0.29, 0.717) is 5.56 Å². The van der Waals surface area contributed by atoms with Crippen LogP contribution in [0.4, 0.5) is 0 Å². The molecule has 0 fully saturated rings. The van der Waals surface area contributed by atoms with Crippen LogP contribution in [0.1, 0.15) is 18.0 Å². The lowest BCUT2D eigenvalue weighted by atomic mass is 10.1. The molecule has 0 saturated carbocycles. The SMILES string of the molecule is COC(=O)CCN(C)S(=O)(=O)N[C@@H](CO)c1ccccc1. The van der Waals surface area contributed by atoms with Gasteiger partial charge < -0.3 is 9.84 Å². The van der Waals surface area contributed by atoms with E-state index < -0.39 is 22.2 Å². The maximum absolute atomic E-state index is 12.1. The maximum atomic E-state index is 12.1. The molecule has 0 unspecified atom stereocenters. The molecule has 118 valence electrons. The van der Waals surface area contributed by atoms with E-state index in [1.54, 1.807) is 30.3 Å². The van der Waals surface area contributed by atoms with E-state index >= 15 is 0 Å². The molecule has 0 aliphatic rings. The van der Waals surface area contributed by atoms with E-state index in [1.165, 1.54) is 14.2 Å². The molecular weight excluding hydrogens is 296 g/mol. The highest BCUT2D eigenvalue weighted by atomic mass is 32.2. The topological polar surface area (TPSA) is 95.9 Å². The average Bonchev–Trinajstić information content (AvgIpc) is 2.50. The van der Waals surface area contributed by atoms with Crippen molar-refractivity contribution >= 4 is 16.2 Å². The fraction of sp³-hybridized carbons (Fsp3) is 0.462. The summed E-state index contributed by atoms with van der Waals surface area (Å²) in [5.41, 5.74) is 0.657. The highest BCUT2D eigenvalue weighted by Crippen LogP contribution is 2.13. The number of hydrogen-bond acceptors (Lipinski definition) is 5. The van der Waals surface area contributed by atoms with Crippen LogP contribution in [0.5, 0.6) is 0 Å². The third kappa shape index (κ3) is 5.43. The zero-order chi connectivity index (χ0) is 15.9. The van der Waals surface area contributed by atoms with E-state index in [0.717, 1.165) is 4.31 Å². The minimum Gasteiger partial charge on any atom is -0.469 e. The molecule has 8 heteroatoms. The highest BCUT2D eigenvalue weighted by Gasteiger charge is 2.23. The summed E-state index contributed by atoms with van der Waals surface area (Å²) in [7, 11) is -1.21. The van der Waals surface area contributed by atoms with Gasteiger partial charge in [0.05, 0.1) is 26.2 Å². The van der Waals surface area contributed by atoms with Gasteiger partial charge in [0.1, 0.15) is 0 Å². The maximum Gasteiger partial charge on any atom is 0.306 e. The number of rotatable bonds is 8. The van der Waals surface area contributed by atoms with Crippen molar-refractivity contribution in [2.45, 2.75) is 12.5 Å². The lowest BCUT2D eigenvalue weighted by molar-refractivity contribution is -0.140. The van der Waals surface area contributed by atoms with Gasteiger partial charge in [0, 0.05) is 13.6 Å². The van der Waals surface area contributed by atoms with Gasteiger partial charge in [0.15, 0.2) is 0 Å². The summed E-state index contributed by atoms with van der Waals surface area (Å²) >= 11 is 0. The molecule has 0 radical (unpaired) electrons. The van der Waals surface area contributed by atoms with Crippen molar-refractivity contribution < 1.29 is 23.1 Å². The predicted octanol–water partition coefficient (Wildman–Crippen LogP) is 0.0493. The number of benzene rings is 1. The van der Waals surface area contributed by atoms with Crippen LogP contribution in [0, 0.1) is 0 Å². The molecule has 1 rings (SSSR count). The molecule has 0 bridgehead atoms. The molecule has 0 aliphatic carbocycles. The summed E-state index contributed by atoms with van der Waals surface area (Å²) < 4.78 is 32.1. The molecule has 7 nitrogen and oxygen atoms in total. The van der Waals surface area contributed by atoms with E-state index in [-0.39, 0.29) is 19.6 Å². The fourth-order valence-electron chi connectivity index (χ4n) is 1.64. The summed E-state index contributed by atoms with van der Waals surface area (Å²) in [6.07, 6.45) is -0.0387. The largest absolute Gasteiger partial charge is 0.469 e. The van der Waals surface area contributed by atoms with Crippen LogP contribution in [-0.4, -0.2) is 51.1 Å². The van der Waals surface area contributed by atoms with Crippen LogP contribution in [-0.2, 0) is 19.7 Å². The van der Waals surface area contributed by atoms with E-state index in [2.05, 4.69) is 9.46 Å². The van der Waals surface area contributed by atoms with Gasteiger partial charge in [0.2, 0.25) is 0 Å². The first kappa shape index (κ1) is 17.6. The second kappa shape index (κ2) is 8.08. The number of nitrogens with one attached hydrogen (secondary N) is 1.